The van der Waals surface area contributed by atoms with Gasteiger partial charge >= 0.3 is 0 Å². The van der Waals surface area contributed by atoms with Crippen LogP contribution in [0.4, 0.5) is 11.4 Å². The van der Waals surface area contributed by atoms with Crippen molar-refractivity contribution in [1.29, 1.82) is 0 Å². The van der Waals surface area contributed by atoms with Crippen LogP contribution in [0.15, 0.2) is 41.4 Å². The van der Waals surface area contributed by atoms with Gasteiger partial charge in [0.25, 0.3) is 0 Å². The Morgan fingerprint density at radius 3 is 2.52 bits per heavy atom. The summed E-state index contributed by atoms with van der Waals surface area (Å²) in [6.07, 6.45) is 1.89. The molecule has 0 unspecified atom stereocenters. The Balaban J connectivity index is 1.89. The molecule has 0 fully saturated rings. The molecular weight excluding hydrogens is 316 g/mol. The Bertz CT molecular complexity index is 875. The molecule has 2 aromatic carbocycles. The molecule has 0 N–H and O–H groups in total. The number of para-hydroxylation sites is 1. The van der Waals surface area contributed by atoms with Crippen LogP contribution in [0.1, 0.15) is 19.4 Å². The van der Waals surface area contributed by atoms with Gasteiger partial charge in [-0.05, 0) is 25.5 Å². The van der Waals surface area contributed by atoms with Gasteiger partial charge in [0, 0.05) is 24.9 Å². The van der Waals surface area contributed by atoms with Crippen molar-refractivity contribution >= 4 is 17.6 Å². The summed E-state index contributed by atoms with van der Waals surface area (Å²) in [7, 11) is 5.29. The zero-order valence-corrected chi connectivity index (χ0v) is 15.2. The zero-order chi connectivity index (χ0) is 17.8. The smallest absolute Gasteiger partial charge is 0.228 e. The third-order valence-corrected chi connectivity index (χ3v) is 5.44. The lowest BCUT2D eigenvalue weighted by molar-refractivity contribution is 0.0818. The largest absolute Gasteiger partial charge is 0.496 e. The van der Waals surface area contributed by atoms with Crippen LogP contribution in [-0.4, -0.2) is 33.2 Å². The predicted octanol–water partition coefficient (Wildman–Crippen LogP) is 3.92. The molecule has 1 atom stereocenters. The van der Waals surface area contributed by atoms with Crippen molar-refractivity contribution in [2.45, 2.75) is 25.0 Å². The number of aliphatic imine (C=N–C) groups is 1. The molecule has 130 valence electrons. The molecule has 2 aliphatic rings. The van der Waals surface area contributed by atoms with E-state index in [4.69, 9.17) is 19.2 Å². The Kier molecular flexibility index (Phi) is 3.26. The first-order valence-corrected chi connectivity index (χ1v) is 8.28. The van der Waals surface area contributed by atoms with Gasteiger partial charge in [-0.25, -0.2) is 4.99 Å². The second-order valence-electron chi connectivity index (χ2n) is 6.93. The lowest BCUT2D eigenvalue weighted by Crippen LogP contribution is -2.61. The molecule has 0 saturated heterocycles. The summed E-state index contributed by atoms with van der Waals surface area (Å²) in [6.45, 7) is 4.37. The number of ether oxygens (including phenoxy) is 3. The normalized spacial score (nSPS) is 22.4. The Labute approximate surface area is 147 Å². The minimum atomic E-state index is -0.707. The van der Waals surface area contributed by atoms with E-state index in [1.165, 1.54) is 5.56 Å². The first-order valence-electron chi connectivity index (χ1n) is 8.28. The van der Waals surface area contributed by atoms with E-state index >= 15 is 0 Å². The third-order valence-electron chi connectivity index (χ3n) is 5.44. The van der Waals surface area contributed by atoms with E-state index in [2.05, 4.69) is 36.9 Å². The van der Waals surface area contributed by atoms with Gasteiger partial charge in [0.15, 0.2) is 11.5 Å². The number of fused-ring (bicyclic) bond motifs is 2. The molecular formula is C20H22N2O3. The molecule has 0 aliphatic carbocycles. The average molecular weight is 338 g/mol. The van der Waals surface area contributed by atoms with Gasteiger partial charge in [-0.3, -0.25) is 0 Å². The first kappa shape index (κ1) is 15.8. The second-order valence-corrected chi connectivity index (χ2v) is 6.93. The van der Waals surface area contributed by atoms with E-state index in [0.717, 1.165) is 5.69 Å². The van der Waals surface area contributed by atoms with Crippen LogP contribution >= 0.6 is 0 Å². The number of rotatable bonds is 2. The van der Waals surface area contributed by atoms with Gasteiger partial charge < -0.3 is 19.1 Å². The first-order chi connectivity index (χ1) is 11.9. The molecule has 0 amide bonds. The van der Waals surface area contributed by atoms with Crippen molar-refractivity contribution in [2.24, 2.45) is 4.99 Å². The van der Waals surface area contributed by atoms with Crippen molar-refractivity contribution in [2.75, 3.05) is 26.2 Å². The summed E-state index contributed by atoms with van der Waals surface area (Å²) >= 11 is 0. The molecule has 5 nitrogen and oxygen atoms in total. The molecule has 0 saturated carbocycles. The minimum Gasteiger partial charge on any atom is -0.496 e. The van der Waals surface area contributed by atoms with Gasteiger partial charge in [0.05, 0.1) is 25.8 Å². The number of benzene rings is 2. The Morgan fingerprint density at radius 2 is 1.84 bits per heavy atom. The lowest BCUT2D eigenvalue weighted by Gasteiger charge is -2.44. The fourth-order valence-electron chi connectivity index (χ4n) is 3.91. The topological polar surface area (TPSA) is 43.3 Å². The number of hydrogen-bond donors (Lipinski definition) is 0. The van der Waals surface area contributed by atoms with Crippen molar-refractivity contribution in [3.8, 4) is 17.2 Å². The summed E-state index contributed by atoms with van der Waals surface area (Å²) in [5.41, 5.74) is 2.09. The van der Waals surface area contributed by atoms with Gasteiger partial charge in [-0.15, -0.1) is 0 Å². The summed E-state index contributed by atoms with van der Waals surface area (Å²) in [5.74, 6) is 1.97. The van der Waals surface area contributed by atoms with E-state index in [1.54, 1.807) is 14.2 Å². The fraction of sp³-hybridized carbons (Fsp3) is 0.350. The summed E-state index contributed by atoms with van der Waals surface area (Å²) in [6, 6.07) is 12.1. The third kappa shape index (κ3) is 1.92. The molecule has 2 heterocycles. The SMILES string of the molecule is COc1cc(OC)c2c(c1)O[C@]1(C=N2)N(C)c2ccccc2C1(C)C. The highest BCUT2D eigenvalue weighted by atomic mass is 16.5. The lowest BCUT2D eigenvalue weighted by atomic mass is 9.77. The van der Waals surface area contributed by atoms with E-state index in [0.29, 0.717) is 22.9 Å². The quantitative estimate of drug-likeness (QED) is 0.832. The number of likely N-dealkylation sites (N-methyl/N-ethyl adjacent to an activating group) is 1. The maximum atomic E-state index is 6.59. The number of nitrogens with zero attached hydrogens (tertiary/aromatic N) is 2. The minimum absolute atomic E-state index is 0.282. The Morgan fingerprint density at radius 1 is 1.08 bits per heavy atom. The number of anilines is 1. The average Bonchev–Trinajstić information content (AvgIpc) is 2.79. The monoisotopic (exact) mass is 338 g/mol. The van der Waals surface area contributed by atoms with Gasteiger partial charge in [-0.2, -0.15) is 0 Å². The van der Waals surface area contributed by atoms with Crippen LogP contribution in [0.2, 0.25) is 0 Å². The summed E-state index contributed by atoms with van der Waals surface area (Å²) in [5, 5.41) is 0. The molecule has 4 rings (SSSR count). The van der Waals surface area contributed by atoms with E-state index < -0.39 is 5.72 Å². The fourth-order valence-corrected chi connectivity index (χ4v) is 3.91. The van der Waals surface area contributed by atoms with Gasteiger partial charge in [0.1, 0.15) is 11.4 Å². The van der Waals surface area contributed by atoms with E-state index in [1.807, 2.05) is 31.5 Å². The van der Waals surface area contributed by atoms with Crippen LogP contribution in [0, 0.1) is 0 Å². The molecule has 0 aromatic heterocycles. The molecule has 5 heteroatoms. The highest BCUT2D eigenvalue weighted by Crippen LogP contribution is 2.55. The van der Waals surface area contributed by atoms with Crippen LogP contribution in [0.5, 0.6) is 17.2 Å². The van der Waals surface area contributed by atoms with Gasteiger partial charge in [0.2, 0.25) is 5.72 Å². The van der Waals surface area contributed by atoms with Crippen LogP contribution in [0.25, 0.3) is 0 Å². The maximum Gasteiger partial charge on any atom is 0.228 e. The molecule has 25 heavy (non-hydrogen) atoms. The highest BCUT2D eigenvalue weighted by molar-refractivity contribution is 5.89. The maximum absolute atomic E-state index is 6.59. The Hall–Kier alpha value is -2.69. The number of hydrogen-bond acceptors (Lipinski definition) is 5. The molecule has 0 radical (unpaired) electrons. The van der Waals surface area contributed by atoms with Crippen molar-refractivity contribution in [3.05, 3.63) is 42.0 Å². The number of methoxy groups -OCH3 is 2. The zero-order valence-electron chi connectivity index (χ0n) is 15.2. The molecule has 1 spiro atoms. The van der Waals surface area contributed by atoms with E-state index in [9.17, 15) is 0 Å². The molecule has 0 bridgehead atoms. The standard InChI is InChI=1S/C20H22N2O3/c1-19(2)14-8-6-7-9-15(14)22(3)20(19)12-21-18-16(24-5)10-13(23-4)11-17(18)25-20/h6-12H,1-5H3/t20-/m0/s1. The second kappa shape index (κ2) is 5.15. The highest BCUT2D eigenvalue weighted by Gasteiger charge is 2.58. The van der Waals surface area contributed by atoms with Gasteiger partial charge in [-0.1, -0.05) is 18.2 Å². The summed E-state index contributed by atoms with van der Waals surface area (Å²) < 4.78 is 17.4. The molecule has 2 aliphatic heterocycles. The van der Waals surface area contributed by atoms with Crippen LogP contribution in [-0.2, 0) is 5.41 Å². The van der Waals surface area contributed by atoms with Crippen LogP contribution in [0.3, 0.4) is 0 Å². The molecule has 2 aromatic rings. The van der Waals surface area contributed by atoms with Crippen molar-refractivity contribution in [3.63, 3.8) is 0 Å². The van der Waals surface area contributed by atoms with Crippen LogP contribution < -0.4 is 19.1 Å². The van der Waals surface area contributed by atoms with E-state index in [-0.39, 0.29) is 5.41 Å². The van der Waals surface area contributed by atoms with Crippen molar-refractivity contribution in [1.82, 2.24) is 0 Å². The summed E-state index contributed by atoms with van der Waals surface area (Å²) in [4.78, 5) is 6.88. The predicted molar refractivity (Wildman–Crippen MR) is 98.9 cm³/mol. The van der Waals surface area contributed by atoms with Crippen molar-refractivity contribution < 1.29 is 14.2 Å².